The first-order valence-corrected chi connectivity index (χ1v) is 4.93. The molecular formula is C9H16N2O2. The Morgan fingerprint density at radius 2 is 2.31 bits per heavy atom. The molecule has 2 heterocycles. The second-order valence-corrected chi connectivity index (χ2v) is 3.87. The van der Waals surface area contributed by atoms with Gasteiger partial charge >= 0.3 is 5.97 Å². The fourth-order valence-electron chi connectivity index (χ4n) is 2.14. The van der Waals surface area contributed by atoms with Gasteiger partial charge in [0.25, 0.3) is 0 Å². The van der Waals surface area contributed by atoms with Gasteiger partial charge in [-0.3, -0.25) is 9.69 Å². The van der Waals surface area contributed by atoms with E-state index in [9.17, 15) is 4.79 Å². The number of carbonyl (C=O) groups is 1. The van der Waals surface area contributed by atoms with E-state index < -0.39 is 0 Å². The molecule has 0 bridgehead atoms. The van der Waals surface area contributed by atoms with Crippen molar-refractivity contribution in [1.29, 1.82) is 0 Å². The molecule has 0 radical (unpaired) electrons. The lowest BCUT2D eigenvalue weighted by molar-refractivity contribution is -0.142. The fourth-order valence-corrected chi connectivity index (χ4v) is 2.14. The molecule has 0 aromatic heterocycles. The number of nitrogens with two attached hydrogens (primary N) is 1. The van der Waals surface area contributed by atoms with Crippen molar-refractivity contribution in [2.45, 2.75) is 31.3 Å². The Balaban J connectivity index is 1.95. The van der Waals surface area contributed by atoms with Crippen LogP contribution in [0.2, 0.25) is 0 Å². The molecule has 13 heavy (non-hydrogen) atoms. The number of carbonyl (C=O) groups excluding carboxylic acids is 1. The molecule has 2 rings (SSSR count). The maximum Gasteiger partial charge on any atom is 0.323 e. The summed E-state index contributed by atoms with van der Waals surface area (Å²) in [5, 5.41) is 0. The highest BCUT2D eigenvalue weighted by Crippen LogP contribution is 2.18. The van der Waals surface area contributed by atoms with Crippen molar-refractivity contribution in [2.24, 2.45) is 5.73 Å². The molecule has 2 aliphatic rings. The average Bonchev–Trinajstić information content (AvgIpc) is 2.51. The molecule has 4 heteroatoms. The zero-order chi connectivity index (χ0) is 9.26. The van der Waals surface area contributed by atoms with Gasteiger partial charge in [-0.15, -0.1) is 0 Å². The number of piperidine rings is 1. The van der Waals surface area contributed by atoms with Crippen LogP contribution in [-0.4, -0.2) is 42.6 Å². The van der Waals surface area contributed by atoms with E-state index in [2.05, 4.69) is 4.90 Å². The van der Waals surface area contributed by atoms with Crippen LogP contribution in [0.15, 0.2) is 0 Å². The van der Waals surface area contributed by atoms with Crippen LogP contribution >= 0.6 is 0 Å². The number of rotatable bonds is 1. The summed E-state index contributed by atoms with van der Waals surface area (Å²) in [5.41, 5.74) is 5.84. The van der Waals surface area contributed by atoms with E-state index >= 15 is 0 Å². The second-order valence-electron chi connectivity index (χ2n) is 3.87. The lowest BCUT2D eigenvalue weighted by Crippen LogP contribution is -2.49. The summed E-state index contributed by atoms with van der Waals surface area (Å²) in [4.78, 5) is 13.4. The van der Waals surface area contributed by atoms with Crippen LogP contribution in [0.3, 0.4) is 0 Å². The Hall–Kier alpha value is -0.610. The van der Waals surface area contributed by atoms with Crippen molar-refractivity contribution in [1.82, 2.24) is 4.90 Å². The Morgan fingerprint density at radius 3 is 2.92 bits per heavy atom. The summed E-state index contributed by atoms with van der Waals surface area (Å²) in [6.07, 6.45) is 3.02. The van der Waals surface area contributed by atoms with E-state index in [-0.39, 0.29) is 18.1 Å². The van der Waals surface area contributed by atoms with Gasteiger partial charge in [0.05, 0.1) is 6.61 Å². The monoisotopic (exact) mass is 184 g/mol. The molecular weight excluding hydrogens is 168 g/mol. The highest BCUT2D eigenvalue weighted by atomic mass is 16.5. The van der Waals surface area contributed by atoms with E-state index in [0.29, 0.717) is 6.61 Å². The van der Waals surface area contributed by atoms with Gasteiger partial charge in [-0.1, -0.05) is 0 Å². The third kappa shape index (κ3) is 1.84. The molecule has 0 amide bonds. The summed E-state index contributed by atoms with van der Waals surface area (Å²) in [6.45, 7) is 2.42. The van der Waals surface area contributed by atoms with Crippen LogP contribution in [0.1, 0.15) is 19.3 Å². The van der Waals surface area contributed by atoms with Crippen molar-refractivity contribution in [2.75, 3.05) is 19.7 Å². The first-order valence-electron chi connectivity index (χ1n) is 4.93. The van der Waals surface area contributed by atoms with Gasteiger partial charge in [-0.2, -0.15) is 0 Å². The van der Waals surface area contributed by atoms with Crippen molar-refractivity contribution in [3.05, 3.63) is 0 Å². The topological polar surface area (TPSA) is 55.6 Å². The highest BCUT2D eigenvalue weighted by molar-refractivity contribution is 5.77. The first kappa shape index (κ1) is 8.97. The molecule has 0 spiro atoms. The van der Waals surface area contributed by atoms with Gasteiger partial charge in [0.1, 0.15) is 6.04 Å². The molecule has 4 nitrogen and oxygen atoms in total. The molecule has 0 saturated carbocycles. The number of ether oxygens (including phenoxy) is 1. The largest absolute Gasteiger partial charge is 0.464 e. The fraction of sp³-hybridized carbons (Fsp3) is 0.889. The van der Waals surface area contributed by atoms with E-state index in [1.54, 1.807) is 0 Å². The van der Waals surface area contributed by atoms with Crippen molar-refractivity contribution in [3.63, 3.8) is 0 Å². The van der Waals surface area contributed by atoms with Crippen LogP contribution in [0, 0.1) is 0 Å². The Kier molecular flexibility index (Phi) is 2.51. The first-order chi connectivity index (χ1) is 6.27. The lowest BCUT2D eigenvalue weighted by Gasteiger charge is -2.33. The standard InChI is InChI=1S/C9H16N2O2/c10-7-2-1-4-11(6-7)8-3-5-13-9(8)12/h7-8H,1-6,10H2/t7-,8?/m1/s1. The lowest BCUT2D eigenvalue weighted by atomic mass is 10.0. The van der Waals surface area contributed by atoms with E-state index in [0.717, 1.165) is 32.4 Å². The summed E-state index contributed by atoms with van der Waals surface area (Å²) in [5.74, 6) is -0.0610. The van der Waals surface area contributed by atoms with Crippen molar-refractivity contribution >= 4 is 5.97 Å². The van der Waals surface area contributed by atoms with Crippen LogP contribution < -0.4 is 5.73 Å². The molecule has 2 saturated heterocycles. The smallest absolute Gasteiger partial charge is 0.323 e. The maximum atomic E-state index is 11.3. The predicted octanol–water partition coefficient (Wildman–Crippen LogP) is -0.275. The third-order valence-corrected chi connectivity index (χ3v) is 2.84. The summed E-state index contributed by atoms with van der Waals surface area (Å²) in [7, 11) is 0. The molecule has 2 N–H and O–H groups in total. The second kappa shape index (κ2) is 3.64. The van der Waals surface area contributed by atoms with Crippen molar-refractivity contribution < 1.29 is 9.53 Å². The minimum Gasteiger partial charge on any atom is -0.464 e. The number of hydrogen-bond donors (Lipinski definition) is 1. The molecule has 0 aliphatic carbocycles. The Morgan fingerprint density at radius 1 is 1.46 bits per heavy atom. The van der Waals surface area contributed by atoms with Gasteiger partial charge in [0, 0.05) is 19.0 Å². The maximum absolute atomic E-state index is 11.3. The van der Waals surface area contributed by atoms with Gasteiger partial charge in [-0.05, 0) is 19.4 Å². The van der Waals surface area contributed by atoms with Crippen molar-refractivity contribution in [3.8, 4) is 0 Å². The Bertz CT molecular complexity index is 208. The average molecular weight is 184 g/mol. The Labute approximate surface area is 78.0 Å². The summed E-state index contributed by atoms with van der Waals surface area (Å²) < 4.78 is 4.93. The van der Waals surface area contributed by atoms with E-state index in [1.165, 1.54) is 0 Å². The highest BCUT2D eigenvalue weighted by Gasteiger charge is 2.34. The van der Waals surface area contributed by atoms with Crippen LogP contribution in [0.25, 0.3) is 0 Å². The van der Waals surface area contributed by atoms with Gasteiger partial charge in [0.2, 0.25) is 0 Å². The molecule has 1 unspecified atom stereocenters. The zero-order valence-electron chi connectivity index (χ0n) is 7.74. The van der Waals surface area contributed by atoms with Gasteiger partial charge in [-0.25, -0.2) is 0 Å². The number of hydrogen-bond acceptors (Lipinski definition) is 4. The van der Waals surface area contributed by atoms with E-state index in [1.807, 2.05) is 0 Å². The number of cyclic esters (lactones) is 1. The normalized spacial score (nSPS) is 36.2. The minimum absolute atomic E-state index is 0.00801. The quantitative estimate of drug-likeness (QED) is 0.570. The van der Waals surface area contributed by atoms with Crippen LogP contribution in [-0.2, 0) is 9.53 Å². The molecule has 0 aromatic rings. The van der Waals surface area contributed by atoms with Crippen LogP contribution in [0.5, 0.6) is 0 Å². The van der Waals surface area contributed by atoms with E-state index in [4.69, 9.17) is 10.5 Å². The molecule has 0 aromatic carbocycles. The molecule has 74 valence electrons. The molecule has 2 aliphatic heterocycles. The van der Waals surface area contributed by atoms with Gasteiger partial charge in [0.15, 0.2) is 0 Å². The minimum atomic E-state index is -0.0610. The molecule has 2 fully saturated rings. The SMILES string of the molecule is N[C@@H]1CCCN(C2CCOC2=O)C1. The van der Waals surface area contributed by atoms with Crippen LogP contribution in [0.4, 0.5) is 0 Å². The summed E-state index contributed by atoms with van der Waals surface area (Å²) in [6, 6.07) is 0.230. The molecule has 2 atom stereocenters. The van der Waals surface area contributed by atoms with Gasteiger partial charge < -0.3 is 10.5 Å². The summed E-state index contributed by atoms with van der Waals surface area (Å²) >= 11 is 0. The third-order valence-electron chi connectivity index (χ3n) is 2.84. The number of nitrogens with zero attached hydrogens (tertiary/aromatic N) is 1. The number of likely N-dealkylation sites (tertiary alicyclic amines) is 1. The zero-order valence-corrected chi connectivity index (χ0v) is 7.74. The predicted molar refractivity (Wildman–Crippen MR) is 48.1 cm³/mol. The number of esters is 1.